The molecule has 4 rings (SSSR count). The molecule has 2 bridgehead atoms. The van der Waals surface area contributed by atoms with Crippen molar-refractivity contribution in [3.8, 4) is 0 Å². The van der Waals surface area contributed by atoms with Gasteiger partial charge in [-0.1, -0.05) is 6.92 Å². The van der Waals surface area contributed by atoms with Crippen molar-refractivity contribution < 1.29 is 32.8 Å². The van der Waals surface area contributed by atoms with E-state index in [4.69, 9.17) is 14.0 Å². The monoisotopic (exact) mass is 228 g/mol. The Labute approximate surface area is 112 Å². The second kappa shape index (κ2) is 4.38. The topological polar surface area (TPSA) is 53.5 Å². The summed E-state index contributed by atoms with van der Waals surface area (Å²) in [6.45, 7) is 4.10. The molecule has 7 heteroatoms. The summed E-state index contributed by atoms with van der Waals surface area (Å²) in [5.41, 5.74) is 1.48. The van der Waals surface area contributed by atoms with Crippen LogP contribution < -0.4 is 24.5 Å². The Morgan fingerprint density at radius 2 is 1.76 bits per heavy atom. The van der Waals surface area contributed by atoms with Crippen molar-refractivity contribution in [1.29, 1.82) is 0 Å². The van der Waals surface area contributed by atoms with Gasteiger partial charge in [0.1, 0.15) is 0 Å². The molecule has 1 aromatic rings. The molecule has 1 aromatic heterocycles. The number of hydrogen-bond donors (Lipinski definition) is 0. The number of rotatable bonds is 1. The van der Waals surface area contributed by atoms with E-state index < -0.39 is 6.75 Å². The third-order valence-electron chi connectivity index (χ3n) is 3.09. The average Bonchev–Trinajstić information content (AvgIpc) is 2.30. The van der Waals surface area contributed by atoms with Gasteiger partial charge in [0.25, 0.3) is 0 Å². The van der Waals surface area contributed by atoms with Gasteiger partial charge in [-0.05, 0) is 12.5 Å². The van der Waals surface area contributed by atoms with Crippen LogP contribution in [0.25, 0.3) is 0 Å². The molecular formula is C10H14BLiN2O3. The van der Waals surface area contributed by atoms with E-state index in [-0.39, 0.29) is 24.3 Å². The van der Waals surface area contributed by atoms with E-state index in [1.165, 1.54) is 0 Å². The number of fused-ring (bicyclic) bond motifs is 3. The Morgan fingerprint density at radius 3 is 2.29 bits per heavy atom. The Hall–Kier alpha value is -0.378. The Balaban J connectivity index is 0.00000108. The van der Waals surface area contributed by atoms with Crippen LogP contribution in [0, 0.1) is 12.3 Å². The SMILES string of the molecule is Cc1cncc([B-]23OCC(C)(CO2)CO3)n1.[Li+]. The molecule has 0 aliphatic carbocycles. The van der Waals surface area contributed by atoms with Gasteiger partial charge in [0.15, 0.2) is 0 Å². The summed E-state index contributed by atoms with van der Waals surface area (Å²) in [5.74, 6) is 0. The maximum absolute atomic E-state index is 5.72. The van der Waals surface area contributed by atoms with E-state index in [1.807, 2.05) is 6.92 Å². The smallest absolute Gasteiger partial charge is 0.539 e. The second-order valence-electron chi connectivity index (χ2n) is 4.97. The maximum atomic E-state index is 5.72. The predicted octanol–water partition coefficient (Wildman–Crippen LogP) is -2.98. The summed E-state index contributed by atoms with van der Waals surface area (Å²) in [6.07, 6.45) is 3.35. The molecule has 17 heavy (non-hydrogen) atoms. The zero-order chi connectivity index (χ0) is 11.2. The van der Waals surface area contributed by atoms with E-state index in [0.717, 1.165) is 5.69 Å². The Morgan fingerprint density at radius 1 is 1.18 bits per heavy atom. The number of aromatic nitrogens is 2. The van der Waals surface area contributed by atoms with Crippen LogP contribution in [0.1, 0.15) is 12.6 Å². The predicted molar refractivity (Wildman–Crippen MR) is 58.1 cm³/mol. The fraction of sp³-hybridized carbons (Fsp3) is 0.600. The van der Waals surface area contributed by atoms with Crippen LogP contribution in [0.4, 0.5) is 0 Å². The van der Waals surface area contributed by atoms with E-state index >= 15 is 0 Å². The van der Waals surface area contributed by atoms with Crippen molar-refractivity contribution in [2.45, 2.75) is 13.8 Å². The number of aryl methyl sites for hydroxylation is 1. The Bertz CT molecular complexity index is 407. The molecule has 3 aliphatic rings. The van der Waals surface area contributed by atoms with Gasteiger partial charge in [-0.3, -0.25) is 9.97 Å². The summed E-state index contributed by atoms with van der Waals surface area (Å²) in [7, 11) is 0. The zero-order valence-electron chi connectivity index (χ0n) is 10.5. The fourth-order valence-corrected chi connectivity index (χ4v) is 2.11. The molecule has 5 nitrogen and oxygen atoms in total. The third-order valence-corrected chi connectivity index (χ3v) is 3.09. The molecule has 0 N–H and O–H groups in total. The molecule has 0 amide bonds. The van der Waals surface area contributed by atoms with Crippen molar-refractivity contribution in [3.63, 3.8) is 0 Å². The minimum absolute atomic E-state index is 0. The van der Waals surface area contributed by atoms with Crippen LogP contribution in [-0.4, -0.2) is 36.5 Å². The molecule has 0 unspecified atom stereocenters. The van der Waals surface area contributed by atoms with Gasteiger partial charge in [-0.25, -0.2) is 0 Å². The quantitative estimate of drug-likeness (QED) is 0.480. The molecule has 4 heterocycles. The van der Waals surface area contributed by atoms with Crippen molar-refractivity contribution in [2.24, 2.45) is 5.41 Å². The standard InChI is InChI=1S/C10H14BN2O3.Li/c1-8-3-12-4-9(13-8)11-14-5-10(2,6-15-11)7-16-11;/h3-4H,5-7H2,1-2H3;/q-1;+1. The molecule has 86 valence electrons. The fourth-order valence-electron chi connectivity index (χ4n) is 2.11. The van der Waals surface area contributed by atoms with E-state index in [0.29, 0.717) is 25.4 Å². The average molecular weight is 228 g/mol. The molecule has 3 saturated heterocycles. The molecule has 0 spiro atoms. The molecule has 0 saturated carbocycles. The first-order valence-electron chi connectivity index (χ1n) is 5.46. The molecule has 0 radical (unpaired) electrons. The van der Waals surface area contributed by atoms with E-state index in [2.05, 4.69) is 16.9 Å². The first-order valence-corrected chi connectivity index (χ1v) is 5.46. The summed E-state index contributed by atoms with van der Waals surface area (Å²) < 4.78 is 17.2. The van der Waals surface area contributed by atoms with Crippen LogP contribution in [0.15, 0.2) is 12.4 Å². The maximum Gasteiger partial charge on any atom is 1.00 e. The van der Waals surface area contributed by atoms with Crippen LogP contribution >= 0.6 is 0 Å². The number of nitrogens with zero attached hydrogens (tertiary/aromatic N) is 2. The zero-order valence-corrected chi connectivity index (χ0v) is 10.5. The minimum atomic E-state index is -1.84. The van der Waals surface area contributed by atoms with Gasteiger partial charge in [0.2, 0.25) is 0 Å². The minimum Gasteiger partial charge on any atom is -0.539 e. The van der Waals surface area contributed by atoms with Crippen LogP contribution in [0.2, 0.25) is 0 Å². The van der Waals surface area contributed by atoms with E-state index in [9.17, 15) is 0 Å². The molecule has 0 atom stereocenters. The van der Waals surface area contributed by atoms with Crippen LogP contribution in [0.5, 0.6) is 0 Å². The number of hydrogen-bond acceptors (Lipinski definition) is 5. The first-order chi connectivity index (χ1) is 7.62. The van der Waals surface area contributed by atoms with Crippen LogP contribution in [-0.2, 0) is 14.0 Å². The molecule has 3 aliphatic heterocycles. The van der Waals surface area contributed by atoms with Crippen molar-refractivity contribution in [2.75, 3.05) is 19.8 Å². The van der Waals surface area contributed by atoms with Crippen molar-refractivity contribution in [1.82, 2.24) is 9.97 Å². The van der Waals surface area contributed by atoms with Gasteiger partial charge in [-0.15, -0.1) is 0 Å². The molecule has 0 aromatic carbocycles. The third kappa shape index (κ3) is 2.16. The molecular weight excluding hydrogens is 214 g/mol. The van der Waals surface area contributed by atoms with Crippen molar-refractivity contribution >= 4 is 12.3 Å². The molecule has 3 fully saturated rings. The van der Waals surface area contributed by atoms with Gasteiger partial charge in [0.05, 0.1) is 5.69 Å². The van der Waals surface area contributed by atoms with E-state index in [1.54, 1.807) is 12.4 Å². The van der Waals surface area contributed by atoms with Gasteiger partial charge in [-0.2, -0.15) is 0 Å². The Kier molecular flexibility index (Phi) is 3.36. The first kappa shape index (κ1) is 13.1. The van der Waals surface area contributed by atoms with Gasteiger partial charge < -0.3 is 14.0 Å². The normalized spacial score (nSPS) is 35.4. The van der Waals surface area contributed by atoms with Crippen LogP contribution in [0.3, 0.4) is 0 Å². The largest absolute Gasteiger partial charge is 1.00 e. The van der Waals surface area contributed by atoms with Gasteiger partial charge >= 0.3 is 25.6 Å². The summed E-state index contributed by atoms with van der Waals surface area (Å²) in [5, 5.41) is 0. The summed E-state index contributed by atoms with van der Waals surface area (Å²) >= 11 is 0. The van der Waals surface area contributed by atoms with Gasteiger partial charge in [0, 0.05) is 37.6 Å². The second-order valence-corrected chi connectivity index (χ2v) is 4.97. The summed E-state index contributed by atoms with van der Waals surface area (Å²) in [6, 6.07) is 0. The van der Waals surface area contributed by atoms with Crippen molar-refractivity contribution in [3.05, 3.63) is 18.1 Å². The summed E-state index contributed by atoms with van der Waals surface area (Å²) in [4.78, 5) is 8.48.